The number of carboxylic acid groups (broad SMARTS) is 2. The summed E-state index contributed by atoms with van der Waals surface area (Å²) in [6, 6.07) is 33.5. The van der Waals surface area contributed by atoms with Gasteiger partial charge in [-0.1, -0.05) is 75.2 Å². The van der Waals surface area contributed by atoms with Crippen LogP contribution in [0.3, 0.4) is 0 Å². The summed E-state index contributed by atoms with van der Waals surface area (Å²) in [5.41, 5.74) is 2.96. The molecule has 5 aromatic carbocycles. The number of alkyl halides is 6. The van der Waals surface area contributed by atoms with Gasteiger partial charge in [0.05, 0.1) is 22.5 Å². The minimum atomic E-state index is -4.39. The van der Waals surface area contributed by atoms with Crippen LogP contribution in [0.15, 0.2) is 127 Å². The quantitative estimate of drug-likeness (QED) is 0.0720. The van der Waals surface area contributed by atoms with E-state index in [1.165, 1.54) is 38.1 Å². The molecule has 1 heterocycles. The van der Waals surface area contributed by atoms with Gasteiger partial charge in [-0.15, -0.1) is 0 Å². The highest BCUT2D eigenvalue weighted by Gasteiger charge is 2.32. The molecule has 0 aliphatic heterocycles. The van der Waals surface area contributed by atoms with Gasteiger partial charge in [0.25, 0.3) is 0 Å². The molecule has 0 aliphatic rings. The van der Waals surface area contributed by atoms with Crippen molar-refractivity contribution in [2.24, 2.45) is 0 Å². The number of hydrogen-bond acceptors (Lipinski definition) is 7. The smallest absolute Gasteiger partial charge is 0.416 e. The first-order valence-corrected chi connectivity index (χ1v) is 22.8. The molecule has 0 aliphatic carbocycles. The predicted octanol–water partition coefficient (Wildman–Crippen LogP) is 15.1. The molecule has 0 saturated heterocycles. The van der Waals surface area contributed by atoms with E-state index in [4.69, 9.17) is 29.0 Å². The number of aliphatic carboxylic acids is 2. The Labute approximate surface area is 404 Å². The van der Waals surface area contributed by atoms with Crippen molar-refractivity contribution in [2.45, 2.75) is 110 Å². The largest absolute Gasteiger partial charge is 0.486 e. The van der Waals surface area contributed by atoms with Gasteiger partial charge in [-0.2, -0.15) is 26.3 Å². The van der Waals surface area contributed by atoms with Gasteiger partial charge in [-0.3, -0.25) is 0 Å². The third-order valence-corrected chi connectivity index (χ3v) is 11.1. The number of hydrogen-bond donors (Lipinski definition) is 2. The second-order valence-corrected chi connectivity index (χ2v) is 17.2. The first-order valence-electron chi connectivity index (χ1n) is 22.8. The SMILES string of the molecule is CCCCC(Oc1ccc(OC(C)(C)C(=O)O)c(C)c1)c1cccc(-c2ccc(C(F)(F)F)cc2)n1.CCCCC(Oc1ccc(OCC(=O)O)c(C)c1)c1cccc(-c2ccc(C(F)(F)F)cc2)c1. The second-order valence-electron chi connectivity index (χ2n) is 17.2. The van der Waals surface area contributed by atoms with Gasteiger partial charge in [-0.05, 0) is 160 Å². The van der Waals surface area contributed by atoms with Crippen LogP contribution in [0.1, 0.15) is 112 Å². The van der Waals surface area contributed by atoms with Crippen molar-refractivity contribution in [1.82, 2.24) is 4.98 Å². The van der Waals surface area contributed by atoms with Crippen LogP contribution in [0.5, 0.6) is 23.0 Å². The summed E-state index contributed by atoms with van der Waals surface area (Å²) in [5.74, 6) is 0.0108. The number of nitrogens with zero attached hydrogens (tertiary/aromatic N) is 1. The zero-order chi connectivity index (χ0) is 51.2. The molecule has 0 amide bonds. The van der Waals surface area contributed by atoms with E-state index in [0.29, 0.717) is 51.9 Å². The zero-order valence-corrected chi connectivity index (χ0v) is 39.8. The Bertz CT molecular complexity index is 2670. The Morgan fingerprint density at radius 3 is 1.63 bits per heavy atom. The summed E-state index contributed by atoms with van der Waals surface area (Å²) in [6.07, 6.45) is -4.15. The van der Waals surface area contributed by atoms with E-state index in [0.717, 1.165) is 78.6 Å². The molecule has 6 aromatic rings. The predicted molar refractivity (Wildman–Crippen MR) is 255 cm³/mol. The molecule has 2 unspecified atom stereocenters. The number of aromatic nitrogens is 1. The van der Waals surface area contributed by atoms with Crippen molar-refractivity contribution in [2.75, 3.05) is 6.61 Å². The number of benzene rings is 5. The molecule has 1 aromatic heterocycles. The molecule has 2 atom stereocenters. The van der Waals surface area contributed by atoms with Gasteiger partial charge in [0.2, 0.25) is 0 Å². The van der Waals surface area contributed by atoms with Crippen molar-refractivity contribution in [3.8, 4) is 45.4 Å². The number of unbranched alkanes of at least 4 members (excludes halogenated alkanes) is 2. The fraction of sp³-hybridized carbons (Fsp3) is 0.327. The van der Waals surface area contributed by atoms with Crippen molar-refractivity contribution in [3.63, 3.8) is 0 Å². The monoisotopic (exact) mass is 973 g/mol. The van der Waals surface area contributed by atoms with Crippen LogP contribution in [-0.2, 0) is 21.9 Å². The summed E-state index contributed by atoms with van der Waals surface area (Å²) >= 11 is 0. The van der Waals surface area contributed by atoms with Crippen LogP contribution in [-0.4, -0.2) is 39.3 Å². The minimum Gasteiger partial charge on any atom is -0.486 e. The number of carbonyl (C=O) groups is 2. The van der Waals surface area contributed by atoms with Crippen molar-refractivity contribution in [3.05, 3.63) is 161 Å². The van der Waals surface area contributed by atoms with Gasteiger partial charge >= 0.3 is 24.3 Å². The molecule has 0 bridgehead atoms. The van der Waals surface area contributed by atoms with Gasteiger partial charge in [-0.25, -0.2) is 14.6 Å². The lowest BCUT2D eigenvalue weighted by atomic mass is 9.97. The number of halogens is 6. The van der Waals surface area contributed by atoms with Crippen LogP contribution < -0.4 is 18.9 Å². The highest BCUT2D eigenvalue weighted by atomic mass is 19.4. The molecule has 0 fully saturated rings. The van der Waals surface area contributed by atoms with E-state index < -0.39 is 47.6 Å². The maximum Gasteiger partial charge on any atom is 0.416 e. The van der Waals surface area contributed by atoms with Crippen LogP contribution in [0, 0.1) is 13.8 Å². The highest BCUT2D eigenvalue weighted by molar-refractivity contribution is 5.77. The molecule has 15 heteroatoms. The summed E-state index contributed by atoms with van der Waals surface area (Å²) in [5, 5.41) is 18.1. The molecule has 0 saturated carbocycles. The molecular formula is C55H57F6NO8. The average Bonchev–Trinajstić information content (AvgIpc) is 3.32. The molecule has 9 nitrogen and oxygen atoms in total. The number of carboxylic acids is 2. The van der Waals surface area contributed by atoms with E-state index in [-0.39, 0.29) is 12.2 Å². The summed E-state index contributed by atoms with van der Waals surface area (Å²) in [7, 11) is 0. The van der Waals surface area contributed by atoms with E-state index in [2.05, 4.69) is 13.8 Å². The standard InChI is InChI=1S/C28H30F3NO4.C27H27F3O4/c1-5-6-10-25(35-21-15-16-24(18(2)17-21)36-27(3,4)26(33)34)23-9-7-8-22(32-23)19-11-13-20(14-12-19)28(29,30)31;1-3-4-8-25(34-23-13-14-24(18(2)15-23)33-17-26(31)32)21-7-5-6-20(16-21)19-9-11-22(12-10-19)27(28,29)30/h7-9,11-17,25H,5-6,10H2,1-4H3,(H,33,34);5-7,9-16,25H,3-4,8,17H2,1-2H3,(H,31,32). The van der Waals surface area contributed by atoms with E-state index in [1.54, 1.807) is 42.5 Å². The van der Waals surface area contributed by atoms with Gasteiger partial charge in [0.15, 0.2) is 12.2 Å². The number of pyridine rings is 1. The van der Waals surface area contributed by atoms with Crippen molar-refractivity contribution >= 4 is 11.9 Å². The van der Waals surface area contributed by atoms with Crippen LogP contribution >= 0.6 is 0 Å². The van der Waals surface area contributed by atoms with E-state index in [1.807, 2.05) is 50.2 Å². The summed E-state index contributed by atoms with van der Waals surface area (Å²) in [6.45, 7) is 10.3. The first kappa shape index (κ1) is 53.9. The lowest BCUT2D eigenvalue weighted by molar-refractivity contribution is -0.152. The molecule has 0 spiro atoms. The minimum absolute atomic E-state index is 0.250. The van der Waals surface area contributed by atoms with Gasteiger partial charge in [0.1, 0.15) is 35.2 Å². The van der Waals surface area contributed by atoms with Gasteiger partial charge < -0.3 is 29.2 Å². The Morgan fingerprint density at radius 2 is 1.11 bits per heavy atom. The number of ether oxygens (including phenoxy) is 4. The summed E-state index contributed by atoms with van der Waals surface area (Å²) < 4.78 is 101. The van der Waals surface area contributed by atoms with Gasteiger partial charge in [0, 0.05) is 5.56 Å². The second kappa shape index (κ2) is 24.0. The lowest BCUT2D eigenvalue weighted by Crippen LogP contribution is -2.38. The molecule has 372 valence electrons. The van der Waals surface area contributed by atoms with E-state index in [9.17, 15) is 41.0 Å². The molecule has 6 rings (SSSR count). The van der Waals surface area contributed by atoms with Crippen LogP contribution in [0.4, 0.5) is 26.3 Å². The summed E-state index contributed by atoms with van der Waals surface area (Å²) in [4.78, 5) is 26.8. The van der Waals surface area contributed by atoms with E-state index >= 15 is 0 Å². The topological polar surface area (TPSA) is 124 Å². The zero-order valence-electron chi connectivity index (χ0n) is 39.8. The molecule has 70 heavy (non-hydrogen) atoms. The average molecular weight is 974 g/mol. The number of rotatable bonds is 20. The molecule has 0 radical (unpaired) electrons. The van der Waals surface area contributed by atoms with Crippen LogP contribution in [0.25, 0.3) is 22.4 Å². The number of aryl methyl sites for hydroxylation is 2. The van der Waals surface area contributed by atoms with Crippen molar-refractivity contribution in [1.29, 1.82) is 0 Å². The molecule has 2 N–H and O–H groups in total. The lowest BCUT2D eigenvalue weighted by Gasteiger charge is -2.24. The fourth-order valence-corrected chi connectivity index (χ4v) is 7.18. The fourth-order valence-electron chi connectivity index (χ4n) is 7.18. The Hall–Kier alpha value is -7.03. The Morgan fingerprint density at radius 1 is 0.600 bits per heavy atom. The third kappa shape index (κ3) is 15.5. The maximum atomic E-state index is 12.9. The molecular weight excluding hydrogens is 917 g/mol. The van der Waals surface area contributed by atoms with Crippen molar-refractivity contribution < 1.29 is 65.1 Å². The normalized spacial score (nSPS) is 12.5. The van der Waals surface area contributed by atoms with Crippen LogP contribution in [0.2, 0.25) is 0 Å². The Balaban J connectivity index is 0.000000261. The third-order valence-electron chi connectivity index (χ3n) is 11.1. The Kier molecular flexibility index (Phi) is 18.5. The maximum absolute atomic E-state index is 12.9. The highest BCUT2D eigenvalue weighted by Crippen LogP contribution is 2.36. The first-order chi connectivity index (χ1) is 33.1.